The van der Waals surface area contributed by atoms with Crippen molar-refractivity contribution in [2.45, 2.75) is 25.8 Å². The van der Waals surface area contributed by atoms with E-state index in [1.54, 1.807) is 11.3 Å². The summed E-state index contributed by atoms with van der Waals surface area (Å²) in [5.74, 6) is 0. The molecule has 0 aliphatic rings. The van der Waals surface area contributed by atoms with Gasteiger partial charge in [0.05, 0.1) is 11.2 Å². The molecule has 2 rings (SSSR count). The Morgan fingerprint density at radius 1 is 1.53 bits per heavy atom. The fourth-order valence-electron chi connectivity index (χ4n) is 1.77. The van der Waals surface area contributed by atoms with E-state index < -0.39 is 0 Å². The van der Waals surface area contributed by atoms with E-state index in [0.717, 1.165) is 25.1 Å². The summed E-state index contributed by atoms with van der Waals surface area (Å²) in [6.07, 6.45) is 5.99. The van der Waals surface area contributed by atoms with Crippen LogP contribution >= 0.6 is 11.3 Å². The van der Waals surface area contributed by atoms with Crippen LogP contribution in [-0.2, 0) is 13.5 Å². The second-order valence-corrected chi connectivity index (χ2v) is 5.01. The molecular weight excluding hydrogens is 232 g/mol. The molecule has 0 radical (unpaired) electrons. The summed E-state index contributed by atoms with van der Waals surface area (Å²) in [5.41, 5.74) is 3.00. The van der Waals surface area contributed by atoms with Gasteiger partial charge in [0.15, 0.2) is 0 Å². The van der Waals surface area contributed by atoms with Crippen LogP contribution in [0.5, 0.6) is 0 Å². The lowest BCUT2D eigenvalue weighted by atomic mass is 10.1. The quantitative estimate of drug-likeness (QED) is 0.854. The lowest BCUT2D eigenvalue weighted by Gasteiger charge is -2.15. The third kappa shape index (κ3) is 3.38. The highest BCUT2D eigenvalue weighted by Crippen LogP contribution is 2.20. The first-order valence-corrected chi connectivity index (χ1v) is 6.78. The standard InChI is InChI=1S/C12H18N4S/c1-3-5-14-11(12-8-13-9-17-12)7-10-4-6-16(2)15-10/h4,6,8-9,11,14H,3,5,7H2,1-2H3. The molecule has 0 bridgehead atoms. The fraction of sp³-hybridized carbons (Fsp3) is 0.500. The van der Waals surface area contributed by atoms with Gasteiger partial charge in [-0.3, -0.25) is 9.67 Å². The molecule has 0 saturated heterocycles. The zero-order valence-electron chi connectivity index (χ0n) is 10.3. The Kier molecular flexibility index (Phi) is 4.28. The van der Waals surface area contributed by atoms with Crippen LogP contribution in [0, 0.1) is 0 Å². The molecule has 0 aromatic carbocycles. The first kappa shape index (κ1) is 12.3. The van der Waals surface area contributed by atoms with Crippen LogP contribution in [-0.4, -0.2) is 21.3 Å². The molecule has 0 aliphatic heterocycles. The first-order valence-electron chi connectivity index (χ1n) is 5.90. The van der Waals surface area contributed by atoms with E-state index >= 15 is 0 Å². The average molecular weight is 250 g/mol. The van der Waals surface area contributed by atoms with Crippen molar-refractivity contribution < 1.29 is 0 Å². The monoisotopic (exact) mass is 250 g/mol. The maximum Gasteiger partial charge on any atom is 0.0794 e. The molecule has 0 spiro atoms. The first-order chi connectivity index (χ1) is 8.29. The number of aryl methyl sites for hydroxylation is 1. The lowest BCUT2D eigenvalue weighted by Crippen LogP contribution is -2.23. The molecule has 5 heteroatoms. The summed E-state index contributed by atoms with van der Waals surface area (Å²) >= 11 is 1.70. The normalized spacial score (nSPS) is 12.8. The number of nitrogens with one attached hydrogen (secondary N) is 1. The van der Waals surface area contributed by atoms with Crippen molar-refractivity contribution in [3.63, 3.8) is 0 Å². The van der Waals surface area contributed by atoms with Gasteiger partial charge in [-0.2, -0.15) is 5.10 Å². The maximum atomic E-state index is 4.43. The molecule has 4 nitrogen and oxygen atoms in total. The predicted octanol–water partition coefficient (Wildman–Crippen LogP) is 2.16. The van der Waals surface area contributed by atoms with E-state index in [1.165, 1.54) is 4.88 Å². The van der Waals surface area contributed by atoms with Crippen molar-refractivity contribution in [1.29, 1.82) is 0 Å². The maximum absolute atomic E-state index is 4.43. The Balaban J connectivity index is 2.05. The van der Waals surface area contributed by atoms with Crippen molar-refractivity contribution in [3.05, 3.63) is 34.5 Å². The summed E-state index contributed by atoms with van der Waals surface area (Å²) < 4.78 is 1.85. The lowest BCUT2D eigenvalue weighted by molar-refractivity contribution is 0.527. The van der Waals surface area contributed by atoms with Crippen molar-refractivity contribution in [1.82, 2.24) is 20.1 Å². The van der Waals surface area contributed by atoms with E-state index in [2.05, 4.69) is 28.4 Å². The molecule has 2 aromatic rings. The molecule has 17 heavy (non-hydrogen) atoms. The summed E-state index contributed by atoms with van der Waals surface area (Å²) in [5, 5.41) is 7.98. The van der Waals surface area contributed by atoms with Crippen LogP contribution < -0.4 is 5.32 Å². The van der Waals surface area contributed by atoms with Crippen LogP contribution in [0.3, 0.4) is 0 Å². The Morgan fingerprint density at radius 2 is 2.41 bits per heavy atom. The minimum Gasteiger partial charge on any atom is -0.309 e. The summed E-state index contributed by atoms with van der Waals surface area (Å²) in [6, 6.07) is 2.40. The van der Waals surface area contributed by atoms with E-state index in [4.69, 9.17) is 0 Å². The van der Waals surface area contributed by atoms with E-state index in [1.807, 2.05) is 29.6 Å². The Morgan fingerprint density at radius 3 is 3.00 bits per heavy atom. The highest BCUT2D eigenvalue weighted by molar-refractivity contribution is 7.09. The Bertz CT molecular complexity index is 435. The Labute approximate surface area is 106 Å². The second kappa shape index (κ2) is 5.93. The number of hydrogen-bond acceptors (Lipinski definition) is 4. The minimum absolute atomic E-state index is 0.331. The van der Waals surface area contributed by atoms with Gasteiger partial charge >= 0.3 is 0 Å². The van der Waals surface area contributed by atoms with Crippen molar-refractivity contribution in [3.8, 4) is 0 Å². The van der Waals surface area contributed by atoms with Gasteiger partial charge in [0, 0.05) is 36.8 Å². The average Bonchev–Trinajstić information content (AvgIpc) is 2.95. The van der Waals surface area contributed by atoms with Gasteiger partial charge in [-0.05, 0) is 19.0 Å². The molecule has 0 fully saturated rings. The van der Waals surface area contributed by atoms with Crippen LogP contribution in [0.25, 0.3) is 0 Å². The third-order valence-corrected chi connectivity index (χ3v) is 3.51. The van der Waals surface area contributed by atoms with E-state index in [0.29, 0.717) is 6.04 Å². The summed E-state index contributed by atoms with van der Waals surface area (Å²) in [6.45, 7) is 3.20. The van der Waals surface area contributed by atoms with Crippen LogP contribution in [0.15, 0.2) is 24.0 Å². The number of nitrogens with zero attached hydrogens (tertiary/aromatic N) is 3. The summed E-state index contributed by atoms with van der Waals surface area (Å²) in [4.78, 5) is 5.43. The highest BCUT2D eigenvalue weighted by Gasteiger charge is 2.14. The van der Waals surface area contributed by atoms with Gasteiger partial charge in [-0.15, -0.1) is 11.3 Å². The van der Waals surface area contributed by atoms with Gasteiger partial charge in [-0.1, -0.05) is 6.92 Å². The number of thiazole rings is 1. The zero-order chi connectivity index (χ0) is 12.1. The van der Waals surface area contributed by atoms with Gasteiger partial charge in [0.25, 0.3) is 0 Å². The number of hydrogen-bond donors (Lipinski definition) is 1. The molecule has 1 atom stereocenters. The molecule has 2 heterocycles. The largest absolute Gasteiger partial charge is 0.309 e. The number of rotatable bonds is 6. The predicted molar refractivity (Wildman–Crippen MR) is 70.1 cm³/mol. The topological polar surface area (TPSA) is 42.7 Å². The molecule has 92 valence electrons. The van der Waals surface area contributed by atoms with E-state index in [-0.39, 0.29) is 0 Å². The van der Waals surface area contributed by atoms with Crippen LogP contribution in [0.2, 0.25) is 0 Å². The zero-order valence-corrected chi connectivity index (χ0v) is 11.1. The smallest absolute Gasteiger partial charge is 0.0794 e. The van der Waals surface area contributed by atoms with Crippen LogP contribution in [0.1, 0.15) is 30.0 Å². The van der Waals surface area contributed by atoms with Crippen molar-refractivity contribution >= 4 is 11.3 Å². The fourth-order valence-corrected chi connectivity index (χ4v) is 2.47. The van der Waals surface area contributed by atoms with Crippen molar-refractivity contribution in [2.24, 2.45) is 7.05 Å². The molecular formula is C12H18N4S. The van der Waals surface area contributed by atoms with Crippen LogP contribution in [0.4, 0.5) is 0 Å². The van der Waals surface area contributed by atoms with Crippen molar-refractivity contribution in [2.75, 3.05) is 6.54 Å². The molecule has 0 amide bonds. The minimum atomic E-state index is 0.331. The van der Waals surface area contributed by atoms with Gasteiger partial charge in [-0.25, -0.2) is 0 Å². The second-order valence-electron chi connectivity index (χ2n) is 4.10. The Hall–Kier alpha value is -1.20. The number of aromatic nitrogens is 3. The molecule has 1 unspecified atom stereocenters. The molecule has 1 N–H and O–H groups in total. The molecule has 0 saturated carbocycles. The van der Waals surface area contributed by atoms with Gasteiger partial charge < -0.3 is 5.32 Å². The van der Waals surface area contributed by atoms with E-state index in [9.17, 15) is 0 Å². The third-order valence-electron chi connectivity index (χ3n) is 2.62. The highest BCUT2D eigenvalue weighted by atomic mass is 32.1. The molecule has 2 aromatic heterocycles. The SMILES string of the molecule is CCCNC(Cc1ccn(C)n1)c1cncs1. The van der Waals surface area contributed by atoms with Gasteiger partial charge in [0.2, 0.25) is 0 Å². The molecule has 0 aliphatic carbocycles. The summed E-state index contributed by atoms with van der Waals surface area (Å²) in [7, 11) is 1.95. The van der Waals surface area contributed by atoms with Gasteiger partial charge in [0.1, 0.15) is 0 Å².